The average molecular weight is 398 g/mol. The zero-order valence-corrected chi connectivity index (χ0v) is 15.3. The summed E-state index contributed by atoms with van der Waals surface area (Å²) in [6.07, 6.45) is 0. The number of hydrogen-bond acceptors (Lipinski definition) is 5. The second kappa shape index (κ2) is 8.92. The first kappa shape index (κ1) is 19.2. The lowest BCUT2D eigenvalue weighted by Gasteiger charge is -2.08. The third-order valence-electron chi connectivity index (χ3n) is 3.59. The molecule has 0 fully saturated rings. The Morgan fingerprint density at radius 3 is 2.18 bits per heavy atom. The lowest BCUT2D eigenvalue weighted by atomic mass is 10.2. The first-order chi connectivity index (χ1) is 13.5. The van der Waals surface area contributed by atoms with Gasteiger partial charge in [0.05, 0.1) is 10.4 Å². The van der Waals surface area contributed by atoms with E-state index in [4.69, 9.17) is 4.74 Å². The number of nitrogens with one attached hydrogen (secondary N) is 2. The molecule has 1 aromatic heterocycles. The van der Waals surface area contributed by atoms with E-state index in [1.165, 1.54) is 47.7 Å². The van der Waals surface area contributed by atoms with Crippen molar-refractivity contribution >= 4 is 40.5 Å². The van der Waals surface area contributed by atoms with Crippen LogP contribution < -0.4 is 10.6 Å². The van der Waals surface area contributed by atoms with Gasteiger partial charge in [-0.1, -0.05) is 6.07 Å². The van der Waals surface area contributed by atoms with Crippen molar-refractivity contribution in [2.75, 3.05) is 17.2 Å². The molecule has 28 heavy (non-hydrogen) atoms. The smallest absolute Gasteiger partial charge is 0.338 e. The first-order valence-electron chi connectivity index (χ1n) is 8.19. The molecule has 2 aromatic carbocycles. The van der Waals surface area contributed by atoms with Gasteiger partial charge in [-0.3, -0.25) is 9.59 Å². The van der Waals surface area contributed by atoms with Crippen molar-refractivity contribution in [3.8, 4) is 0 Å². The van der Waals surface area contributed by atoms with Crippen molar-refractivity contribution in [2.24, 2.45) is 0 Å². The molecule has 0 saturated carbocycles. The van der Waals surface area contributed by atoms with Crippen LogP contribution in [0.15, 0.2) is 66.0 Å². The monoisotopic (exact) mass is 398 g/mol. The molecule has 0 bridgehead atoms. The predicted molar refractivity (Wildman–Crippen MR) is 104 cm³/mol. The summed E-state index contributed by atoms with van der Waals surface area (Å²) in [6, 6.07) is 14.8. The zero-order valence-electron chi connectivity index (χ0n) is 14.5. The third-order valence-corrected chi connectivity index (χ3v) is 4.45. The maximum absolute atomic E-state index is 12.8. The number of hydrogen-bond donors (Lipinski definition) is 2. The minimum Gasteiger partial charge on any atom is -0.452 e. The molecule has 0 saturated heterocycles. The molecule has 3 rings (SSSR count). The van der Waals surface area contributed by atoms with E-state index in [1.807, 2.05) is 0 Å². The number of anilines is 2. The number of thiophene rings is 1. The Hall–Kier alpha value is -3.52. The largest absolute Gasteiger partial charge is 0.452 e. The molecule has 8 heteroatoms. The van der Waals surface area contributed by atoms with Gasteiger partial charge in [0.1, 0.15) is 5.82 Å². The van der Waals surface area contributed by atoms with Crippen molar-refractivity contribution in [1.82, 2.24) is 0 Å². The lowest BCUT2D eigenvalue weighted by molar-refractivity contribution is -0.119. The van der Waals surface area contributed by atoms with Crippen molar-refractivity contribution in [3.05, 3.63) is 82.3 Å². The molecule has 0 aliphatic carbocycles. The number of rotatable bonds is 6. The maximum Gasteiger partial charge on any atom is 0.338 e. The van der Waals surface area contributed by atoms with Crippen LogP contribution in [0.1, 0.15) is 20.0 Å². The molecule has 0 atom stereocenters. The van der Waals surface area contributed by atoms with Gasteiger partial charge in [0.15, 0.2) is 6.61 Å². The van der Waals surface area contributed by atoms with Crippen molar-refractivity contribution in [3.63, 3.8) is 0 Å². The molecule has 0 unspecified atom stereocenters. The standard InChI is InChI=1S/C20H15FN2O4S/c21-14-5-9-15(10-6-14)22-18(24)12-27-20(26)13-3-7-16(8-4-13)23-19(25)17-2-1-11-28-17/h1-11H,12H2,(H,22,24)(H,23,25). The minimum atomic E-state index is -0.676. The quantitative estimate of drug-likeness (QED) is 0.616. The van der Waals surface area contributed by atoms with Crippen LogP contribution in [0.4, 0.5) is 15.8 Å². The second-order valence-electron chi connectivity index (χ2n) is 5.64. The number of amides is 2. The van der Waals surface area contributed by atoms with Crippen LogP contribution in [0.25, 0.3) is 0 Å². The molecule has 2 amide bonds. The summed E-state index contributed by atoms with van der Waals surface area (Å²) in [5.74, 6) is -1.87. The number of carbonyl (C=O) groups is 3. The minimum absolute atomic E-state index is 0.234. The summed E-state index contributed by atoms with van der Waals surface area (Å²) < 4.78 is 17.8. The number of ether oxygens (including phenoxy) is 1. The molecule has 0 aliphatic rings. The summed E-state index contributed by atoms with van der Waals surface area (Å²) in [7, 11) is 0. The van der Waals surface area contributed by atoms with E-state index in [9.17, 15) is 18.8 Å². The summed E-state index contributed by atoms with van der Waals surface area (Å²) in [6.45, 7) is -0.479. The van der Waals surface area contributed by atoms with Gasteiger partial charge in [-0.15, -0.1) is 11.3 Å². The second-order valence-corrected chi connectivity index (χ2v) is 6.59. The lowest BCUT2D eigenvalue weighted by Crippen LogP contribution is -2.21. The molecule has 2 N–H and O–H groups in total. The third kappa shape index (κ3) is 5.24. The van der Waals surface area contributed by atoms with Gasteiger partial charge >= 0.3 is 5.97 Å². The highest BCUT2D eigenvalue weighted by Gasteiger charge is 2.12. The van der Waals surface area contributed by atoms with E-state index in [0.717, 1.165) is 0 Å². The number of esters is 1. The first-order valence-corrected chi connectivity index (χ1v) is 9.07. The predicted octanol–water partition coefficient (Wildman–Crippen LogP) is 3.94. The van der Waals surface area contributed by atoms with E-state index in [1.54, 1.807) is 29.6 Å². The van der Waals surface area contributed by atoms with Crippen LogP contribution in [0, 0.1) is 5.82 Å². The summed E-state index contributed by atoms with van der Waals surface area (Å²) in [4.78, 5) is 36.4. The highest BCUT2D eigenvalue weighted by Crippen LogP contribution is 2.15. The van der Waals surface area contributed by atoms with Gasteiger partial charge in [-0.2, -0.15) is 0 Å². The fraction of sp³-hybridized carbons (Fsp3) is 0.0500. The molecule has 1 heterocycles. The summed E-state index contributed by atoms with van der Waals surface area (Å²) >= 11 is 1.33. The maximum atomic E-state index is 12.8. The SMILES string of the molecule is O=C(COC(=O)c1ccc(NC(=O)c2cccs2)cc1)Nc1ccc(F)cc1. The van der Waals surface area contributed by atoms with Crippen molar-refractivity contribution in [1.29, 1.82) is 0 Å². The molecule has 6 nitrogen and oxygen atoms in total. The van der Waals surface area contributed by atoms with E-state index in [0.29, 0.717) is 16.3 Å². The van der Waals surface area contributed by atoms with Gasteiger partial charge in [0.2, 0.25) is 0 Å². The Labute approximate surface area is 164 Å². The summed E-state index contributed by atoms with van der Waals surface area (Å²) in [5, 5.41) is 7.02. The van der Waals surface area contributed by atoms with E-state index in [2.05, 4.69) is 10.6 Å². The highest BCUT2D eigenvalue weighted by molar-refractivity contribution is 7.12. The van der Waals surface area contributed by atoms with Crippen molar-refractivity contribution in [2.45, 2.75) is 0 Å². The summed E-state index contributed by atoms with van der Waals surface area (Å²) in [5.41, 5.74) is 1.17. The molecular weight excluding hydrogens is 383 g/mol. The van der Waals surface area contributed by atoms with Gasteiger partial charge < -0.3 is 15.4 Å². The molecule has 142 valence electrons. The Morgan fingerprint density at radius 2 is 1.54 bits per heavy atom. The van der Waals surface area contributed by atoms with Crippen molar-refractivity contribution < 1.29 is 23.5 Å². The Bertz CT molecular complexity index is 970. The Balaban J connectivity index is 1.49. The fourth-order valence-corrected chi connectivity index (χ4v) is 2.85. The van der Waals surface area contributed by atoms with Crippen LogP contribution in [-0.4, -0.2) is 24.4 Å². The molecule has 3 aromatic rings. The highest BCUT2D eigenvalue weighted by atomic mass is 32.1. The Morgan fingerprint density at radius 1 is 0.893 bits per heavy atom. The number of carbonyl (C=O) groups excluding carboxylic acids is 3. The van der Waals surface area contributed by atoms with Gasteiger partial charge in [0.25, 0.3) is 11.8 Å². The van der Waals surface area contributed by atoms with E-state index < -0.39 is 24.3 Å². The number of benzene rings is 2. The zero-order chi connectivity index (χ0) is 19.9. The van der Waals surface area contributed by atoms with Gasteiger partial charge in [-0.05, 0) is 60.0 Å². The van der Waals surface area contributed by atoms with Crippen LogP contribution in [0.5, 0.6) is 0 Å². The Kier molecular flexibility index (Phi) is 6.13. The molecule has 0 spiro atoms. The molecule has 0 radical (unpaired) electrons. The van der Waals surface area contributed by atoms with Gasteiger partial charge in [-0.25, -0.2) is 9.18 Å². The fourth-order valence-electron chi connectivity index (χ4n) is 2.23. The number of halogens is 1. The van der Waals surface area contributed by atoms with E-state index >= 15 is 0 Å². The average Bonchev–Trinajstić information content (AvgIpc) is 3.23. The normalized spacial score (nSPS) is 10.2. The molecule has 0 aliphatic heterocycles. The van der Waals surface area contributed by atoms with Crippen LogP contribution in [0.2, 0.25) is 0 Å². The van der Waals surface area contributed by atoms with Crippen LogP contribution in [0.3, 0.4) is 0 Å². The van der Waals surface area contributed by atoms with Crippen LogP contribution in [-0.2, 0) is 9.53 Å². The van der Waals surface area contributed by atoms with Crippen LogP contribution >= 0.6 is 11.3 Å². The van der Waals surface area contributed by atoms with E-state index in [-0.39, 0.29) is 11.5 Å². The topological polar surface area (TPSA) is 84.5 Å². The van der Waals surface area contributed by atoms with Gasteiger partial charge in [0, 0.05) is 11.4 Å². The molecular formula is C20H15FN2O4S.